The van der Waals surface area contributed by atoms with Crippen molar-refractivity contribution in [2.24, 2.45) is 0 Å². The van der Waals surface area contributed by atoms with Gasteiger partial charge in [0.1, 0.15) is 0 Å². The van der Waals surface area contributed by atoms with E-state index in [2.05, 4.69) is 128 Å². The number of hydrogen-bond acceptors (Lipinski definition) is 3. The van der Waals surface area contributed by atoms with Gasteiger partial charge in [0, 0.05) is 33.9 Å². The second-order valence-electron chi connectivity index (χ2n) is 12.1. The Bertz CT molecular complexity index is 2150. The van der Waals surface area contributed by atoms with Crippen LogP contribution in [0.2, 0.25) is 0 Å². The molecule has 214 valence electrons. The van der Waals surface area contributed by atoms with E-state index in [1.807, 2.05) is 42.6 Å². The molecule has 3 nitrogen and oxygen atoms in total. The van der Waals surface area contributed by atoms with E-state index in [9.17, 15) is 0 Å². The molecule has 3 heteroatoms. The Morgan fingerprint density at radius 1 is 0.400 bits per heavy atom. The number of benzene rings is 5. The molecule has 0 saturated heterocycles. The predicted octanol–water partition coefficient (Wildman–Crippen LogP) is 10.5. The largest absolute Gasteiger partial charge is 0.256 e. The van der Waals surface area contributed by atoms with Crippen LogP contribution >= 0.6 is 0 Å². The number of nitrogens with zero attached hydrogens (tertiary/aromatic N) is 3. The molecular formula is C42H31N3. The molecule has 1 aliphatic carbocycles. The second kappa shape index (κ2) is 10.8. The summed E-state index contributed by atoms with van der Waals surface area (Å²) < 4.78 is 0. The zero-order valence-electron chi connectivity index (χ0n) is 25.3. The van der Waals surface area contributed by atoms with Crippen molar-refractivity contribution in [3.63, 3.8) is 0 Å². The highest BCUT2D eigenvalue weighted by Crippen LogP contribution is 2.49. The third-order valence-electron chi connectivity index (χ3n) is 9.00. The fourth-order valence-corrected chi connectivity index (χ4v) is 6.54. The van der Waals surface area contributed by atoms with E-state index in [4.69, 9.17) is 9.97 Å². The summed E-state index contributed by atoms with van der Waals surface area (Å²) in [7, 11) is 0. The van der Waals surface area contributed by atoms with Crippen molar-refractivity contribution in [3.8, 4) is 67.4 Å². The van der Waals surface area contributed by atoms with Crippen molar-refractivity contribution >= 4 is 0 Å². The Labute approximate surface area is 264 Å². The van der Waals surface area contributed by atoms with Crippen LogP contribution in [0, 0.1) is 0 Å². The molecule has 0 unspecified atom stereocenters. The van der Waals surface area contributed by atoms with Crippen LogP contribution in [0.4, 0.5) is 0 Å². The number of rotatable bonds is 5. The highest BCUT2D eigenvalue weighted by atomic mass is 14.9. The lowest BCUT2D eigenvalue weighted by molar-refractivity contribution is 0.660. The first kappa shape index (κ1) is 26.9. The molecular weight excluding hydrogens is 546 g/mol. The monoisotopic (exact) mass is 577 g/mol. The van der Waals surface area contributed by atoms with E-state index < -0.39 is 0 Å². The third kappa shape index (κ3) is 4.83. The summed E-state index contributed by atoms with van der Waals surface area (Å²) in [6.45, 7) is 4.64. The van der Waals surface area contributed by atoms with Gasteiger partial charge in [-0.2, -0.15) is 0 Å². The van der Waals surface area contributed by atoms with E-state index in [1.165, 1.54) is 33.4 Å². The summed E-state index contributed by atoms with van der Waals surface area (Å²) in [5.74, 6) is 0.697. The summed E-state index contributed by atoms with van der Waals surface area (Å²) in [6, 6.07) is 51.1. The minimum absolute atomic E-state index is 0.00819. The maximum absolute atomic E-state index is 5.07. The maximum atomic E-state index is 5.07. The van der Waals surface area contributed by atoms with E-state index >= 15 is 0 Å². The molecule has 0 bridgehead atoms. The van der Waals surface area contributed by atoms with Crippen molar-refractivity contribution in [3.05, 3.63) is 163 Å². The normalized spacial score (nSPS) is 12.8. The molecule has 2 aromatic heterocycles. The molecule has 2 heterocycles. The van der Waals surface area contributed by atoms with Gasteiger partial charge in [-0.15, -0.1) is 0 Å². The van der Waals surface area contributed by atoms with E-state index in [0.29, 0.717) is 5.82 Å². The second-order valence-corrected chi connectivity index (χ2v) is 12.1. The summed E-state index contributed by atoms with van der Waals surface area (Å²) in [6.07, 6.45) is 1.82. The fourth-order valence-electron chi connectivity index (χ4n) is 6.54. The quantitative estimate of drug-likeness (QED) is 0.204. The van der Waals surface area contributed by atoms with E-state index in [0.717, 1.165) is 39.3 Å². The molecule has 0 saturated carbocycles. The van der Waals surface area contributed by atoms with Gasteiger partial charge < -0.3 is 0 Å². The predicted molar refractivity (Wildman–Crippen MR) is 185 cm³/mol. The summed E-state index contributed by atoms with van der Waals surface area (Å²) in [5.41, 5.74) is 14.7. The first-order valence-corrected chi connectivity index (χ1v) is 15.4. The average molecular weight is 578 g/mol. The molecule has 0 spiro atoms. The highest BCUT2D eigenvalue weighted by Gasteiger charge is 2.35. The maximum Gasteiger partial charge on any atom is 0.160 e. The van der Waals surface area contributed by atoms with Crippen LogP contribution in [0.3, 0.4) is 0 Å². The molecule has 8 rings (SSSR count). The molecule has 7 aromatic rings. The van der Waals surface area contributed by atoms with Crippen molar-refractivity contribution in [1.29, 1.82) is 0 Å². The van der Waals surface area contributed by atoms with Crippen LogP contribution in [-0.2, 0) is 5.41 Å². The zero-order chi connectivity index (χ0) is 30.4. The minimum atomic E-state index is 0.00819. The Morgan fingerprint density at radius 3 is 1.67 bits per heavy atom. The average Bonchev–Trinajstić information content (AvgIpc) is 3.34. The summed E-state index contributed by atoms with van der Waals surface area (Å²) in [4.78, 5) is 14.6. The third-order valence-corrected chi connectivity index (χ3v) is 9.00. The lowest BCUT2D eigenvalue weighted by Crippen LogP contribution is -2.14. The highest BCUT2D eigenvalue weighted by molar-refractivity contribution is 5.85. The van der Waals surface area contributed by atoms with Crippen molar-refractivity contribution in [1.82, 2.24) is 15.0 Å². The van der Waals surface area contributed by atoms with Crippen LogP contribution < -0.4 is 0 Å². The Morgan fingerprint density at radius 2 is 0.956 bits per heavy atom. The Balaban J connectivity index is 1.16. The molecule has 0 radical (unpaired) electrons. The van der Waals surface area contributed by atoms with Gasteiger partial charge in [0.05, 0.1) is 17.1 Å². The van der Waals surface area contributed by atoms with Crippen molar-refractivity contribution in [2.45, 2.75) is 19.3 Å². The van der Waals surface area contributed by atoms with Gasteiger partial charge in [-0.05, 0) is 57.6 Å². The number of pyridine rings is 1. The van der Waals surface area contributed by atoms with Gasteiger partial charge >= 0.3 is 0 Å². The summed E-state index contributed by atoms with van der Waals surface area (Å²) in [5, 5.41) is 0. The number of fused-ring (bicyclic) bond motifs is 3. The van der Waals surface area contributed by atoms with Gasteiger partial charge in [0.15, 0.2) is 5.82 Å². The lowest BCUT2D eigenvalue weighted by Gasteiger charge is -2.21. The first-order valence-electron chi connectivity index (χ1n) is 15.4. The molecule has 0 atom stereocenters. The summed E-state index contributed by atoms with van der Waals surface area (Å²) >= 11 is 0. The zero-order valence-corrected chi connectivity index (χ0v) is 25.3. The number of hydrogen-bond donors (Lipinski definition) is 0. The van der Waals surface area contributed by atoms with E-state index in [1.54, 1.807) is 0 Å². The first-order chi connectivity index (χ1) is 22.0. The van der Waals surface area contributed by atoms with Crippen LogP contribution in [0.25, 0.3) is 67.4 Å². The van der Waals surface area contributed by atoms with Gasteiger partial charge in [-0.25, -0.2) is 9.97 Å². The fraction of sp³-hybridized carbons (Fsp3) is 0.0714. The van der Waals surface area contributed by atoms with Crippen molar-refractivity contribution < 1.29 is 0 Å². The lowest BCUT2D eigenvalue weighted by atomic mass is 9.82. The SMILES string of the molecule is CC1(C)c2ccccc2-c2cc(-c3ccc(-c4cc(-c5ccccc5)nc(-c5ccc(-c6ccccn6)cc5)n4)cc3)ccc21. The van der Waals surface area contributed by atoms with Gasteiger partial charge in [-0.1, -0.05) is 135 Å². The molecule has 0 N–H and O–H groups in total. The van der Waals surface area contributed by atoms with E-state index in [-0.39, 0.29) is 5.41 Å². The smallest absolute Gasteiger partial charge is 0.160 e. The van der Waals surface area contributed by atoms with Crippen LogP contribution in [0.1, 0.15) is 25.0 Å². The number of aromatic nitrogens is 3. The van der Waals surface area contributed by atoms with Gasteiger partial charge in [-0.3, -0.25) is 4.98 Å². The molecule has 0 fully saturated rings. The van der Waals surface area contributed by atoms with Crippen molar-refractivity contribution in [2.75, 3.05) is 0 Å². The molecule has 1 aliphatic rings. The van der Waals surface area contributed by atoms with Gasteiger partial charge in [0.2, 0.25) is 0 Å². The molecule has 45 heavy (non-hydrogen) atoms. The van der Waals surface area contributed by atoms with Crippen LogP contribution in [0.15, 0.2) is 152 Å². The molecule has 0 amide bonds. The molecule has 5 aromatic carbocycles. The Kier molecular flexibility index (Phi) is 6.46. The Hall–Kier alpha value is -5.67. The minimum Gasteiger partial charge on any atom is -0.256 e. The topological polar surface area (TPSA) is 38.7 Å². The van der Waals surface area contributed by atoms with Crippen LogP contribution in [-0.4, -0.2) is 15.0 Å². The van der Waals surface area contributed by atoms with Crippen LogP contribution in [0.5, 0.6) is 0 Å². The standard InChI is InChI=1S/C42H31N3/c1-42(2)36-13-7-6-12-34(36)35-26-33(23-24-37(35)42)28-15-17-31(18-16-28)40-27-39(29-10-4-3-5-11-29)44-41(45-40)32-21-19-30(20-22-32)38-14-8-9-25-43-38/h3-27H,1-2H3. The van der Waals surface area contributed by atoms with Gasteiger partial charge in [0.25, 0.3) is 0 Å². The molecule has 0 aliphatic heterocycles.